The third-order valence-electron chi connectivity index (χ3n) is 1.88. The van der Waals surface area contributed by atoms with Crippen LogP contribution in [-0.2, 0) is 0 Å². The zero-order valence-corrected chi connectivity index (χ0v) is 5.90. The first-order valence-electron chi connectivity index (χ1n) is 3.78. The zero-order chi connectivity index (χ0) is 6.53. The van der Waals surface area contributed by atoms with Gasteiger partial charge >= 0.3 is 0 Å². The maximum atomic E-state index is 3.69. The van der Waals surface area contributed by atoms with Crippen LogP contribution in [0.1, 0.15) is 25.7 Å². The molecule has 1 saturated heterocycles. The van der Waals surface area contributed by atoms with Crippen molar-refractivity contribution in [3.8, 4) is 0 Å². The average molecular weight is 125 g/mol. The van der Waals surface area contributed by atoms with Crippen LogP contribution < -0.4 is 5.32 Å². The van der Waals surface area contributed by atoms with E-state index in [4.69, 9.17) is 0 Å². The molecule has 0 bridgehead atoms. The minimum atomic E-state index is 0.794. The van der Waals surface area contributed by atoms with Gasteiger partial charge in [0.05, 0.1) is 0 Å². The van der Waals surface area contributed by atoms with Crippen LogP contribution in [0, 0.1) is 0 Å². The van der Waals surface area contributed by atoms with Crippen molar-refractivity contribution in [2.75, 3.05) is 6.54 Å². The van der Waals surface area contributed by atoms with E-state index in [1.165, 1.54) is 25.8 Å². The fourth-order valence-electron chi connectivity index (χ4n) is 1.32. The maximum absolute atomic E-state index is 3.69. The van der Waals surface area contributed by atoms with E-state index in [9.17, 15) is 0 Å². The van der Waals surface area contributed by atoms with Gasteiger partial charge in [-0.15, -0.1) is 6.58 Å². The fourth-order valence-corrected chi connectivity index (χ4v) is 1.32. The molecule has 1 fully saturated rings. The van der Waals surface area contributed by atoms with E-state index in [2.05, 4.69) is 11.9 Å². The summed E-state index contributed by atoms with van der Waals surface area (Å²) in [5.74, 6) is 0. The van der Waals surface area contributed by atoms with Crippen molar-refractivity contribution in [3.63, 3.8) is 0 Å². The number of rotatable bonds is 3. The predicted molar refractivity (Wildman–Crippen MR) is 40.5 cm³/mol. The summed E-state index contributed by atoms with van der Waals surface area (Å²) in [5.41, 5.74) is 0. The molecule has 1 aliphatic heterocycles. The first kappa shape index (κ1) is 6.81. The van der Waals surface area contributed by atoms with E-state index in [-0.39, 0.29) is 0 Å². The van der Waals surface area contributed by atoms with E-state index in [1.807, 2.05) is 6.08 Å². The molecular weight excluding hydrogens is 110 g/mol. The highest BCUT2D eigenvalue weighted by Crippen LogP contribution is 2.10. The number of hydrogen-bond donors (Lipinski definition) is 1. The molecule has 0 saturated carbocycles. The molecule has 0 aromatic rings. The highest BCUT2D eigenvalue weighted by atomic mass is 14.9. The van der Waals surface area contributed by atoms with Gasteiger partial charge in [-0.25, -0.2) is 0 Å². The van der Waals surface area contributed by atoms with Crippen LogP contribution in [0.2, 0.25) is 0 Å². The van der Waals surface area contributed by atoms with Crippen molar-refractivity contribution in [1.29, 1.82) is 0 Å². The molecule has 0 radical (unpaired) electrons. The first-order valence-corrected chi connectivity index (χ1v) is 3.78. The van der Waals surface area contributed by atoms with Gasteiger partial charge in [-0.3, -0.25) is 0 Å². The average Bonchev–Trinajstić information content (AvgIpc) is 2.34. The summed E-state index contributed by atoms with van der Waals surface area (Å²) in [6.45, 7) is 4.92. The number of allylic oxidation sites excluding steroid dienone is 1. The molecule has 1 nitrogen and oxygen atoms in total. The largest absolute Gasteiger partial charge is 0.314 e. The quantitative estimate of drug-likeness (QED) is 0.566. The van der Waals surface area contributed by atoms with Crippen molar-refractivity contribution in [2.24, 2.45) is 0 Å². The smallest absolute Gasteiger partial charge is 0.00704 e. The molecule has 1 unspecified atom stereocenters. The van der Waals surface area contributed by atoms with E-state index >= 15 is 0 Å². The van der Waals surface area contributed by atoms with E-state index < -0.39 is 0 Å². The lowest BCUT2D eigenvalue weighted by molar-refractivity contribution is 0.565. The molecule has 0 spiro atoms. The lowest BCUT2D eigenvalue weighted by Gasteiger charge is -2.05. The second-order valence-corrected chi connectivity index (χ2v) is 2.66. The number of hydrogen-bond acceptors (Lipinski definition) is 1. The summed E-state index contributed by atoms with van der Waals surface area (Å²) in [6.07, 6.45) is 7.18. The third-order valence-corrected chi connectivity index (χ3v) is 1.88. The van der Waals surface area contributed by atoms with Gasteiger partial charge in [-0.2, -0.15) is 0 Å². The molecule has 1 aliphatic rings. The van der Waals surface area contributed by atoms with Crippen LogP contribution in [-0.4, -0.2) is 12.6 Å². The lowest BCUT2D eigenvalue weighted by Crippen LogP contribution is -2.20. The van der Waals surface area contributed by atoms with E-state index in [0.717, 1.165) is 12.5 Å². The van der Waals surface area contributed by atoms with Crippen molar-refractivity contribution in [1.82, 2.24) is 5.32 Å². The molecule has 1 heteroatoms. The Kier molecular flexibility index (Phi) is 2.78. The Morgan fingerprint density at radius 2 is 2.56 bits per heavy atom. The maximum Gasteiger partial charge on any atom is 0.00704 e. The fraction of sp³-hybridized carbons (Fsp3) is 0.750. The highest BCUT2D eigenvalue weighted by molar-refractivity contribution is 4.77. The van der Waals surface area contributed by atoms with Gasteiger partial charge in [-0.1, -0.05) is 6.08 Å². The van der Waals surface area contributed by atoms with Crippen LogP contribution in [0.5, 0.6) is 0 Å². The van der Waals surface area contributed by atoms with Crippen LogP contribution in [0.25, 0.3) is 0 Å². The van der Waals surface area contributed by atoms with Crippen molar-refractivity contribution in [3.05, 3.63) is 12.7 Å². The van der Waals surface area contributed by atoms with Gasteiger partial charge in [0.15, 0.2) is 0 Å². The summed E-state index contributed by atoms with van der Waals surface area (Å²) in [7, 11) is 0. The highest BCUT2D eigenvalue weighted by Gasteiger charge is 2.11. The normalized spacial score (nSPS) is 26.4. The molecule has 1 atom stereocenters. The van der Waals surface area contributed by atoms with E-state index in [1.54, 1.807) is 0 Å². The molecule has 52 valence electrons. The molecule has 0 amide bonds. The predicted octanol–water partition coefficient (Wildman–Crippen LogP) is 1.70. The Bertz CT molecular complexity index is 82.6. The van der Waals surface area contributed by atoms with Crippen LogP contribution in [0.3, 0.4) is 0 Å². The Labute approximate surface area is 57.1 Å². The van der Waals surface area contributed by atoms with Gasteiger partial charge in [0.2, 0.25) is 0 Å². The van der Waals surface area contributed by atoms with Crippen molar-refractivity contribution >= 4 is 0 Å². The van der Waals surface area contributed by atoms with Gasteiger partial charge in [0.1, 0.15) is 0 Å². The molecule has 9 heavy (non-hydrogen) atoms. The summed E-state index contributed by atoms with van der Waals surface area (Å²) >= 11 is 0. The minimum absolute atomic E-state index is 0.794. The van der Waals surface area contributed by atoms with Crippen molar-refractivity contribution in [2.45, 2.75) is 31.7 Å². The summed E-state index contributed by atoms with van der Waals surface area (Å²) in [4.78, 5) is 0. The second-order valence-electron chi connectivity index (χ2n) is 2.66. The Hall–Kier alpha value is -0.300. The molecule has 1 heterocycles. The lowest BCUT2D eigenvalue weighted by atomic mass is 10.1. The van der Waals surface area contributed by atoms with Gasteiger partial charge in [-0.05, 0) is 32.2 Å². The summed E-state index contributed by atoms with van der Waals surface area (Å²) < 4.78 is 0. The van der Waals surface area contributed by atoms with E-state index in [0.29, 0.717) is 0 Å². The summed E-state index contributed by atoms with van der Waals surface area (Å²) in [6, 6.07) is 0.794. The SMILES string of the molecule is C=CCCC1CCCN1. The molecular formula is C8H15N. The zero-order valence-electron chi connectivity index (χ0n) is 5.90. The van der Waals surface area contributed by atoms with Crippen LogP contribution in [0.15, 0.2) is 12.7 Å². The monoisotopic (exact) mass is 125 g/mol. The Morgan fingerprint density at radius 3 is 3.11 bits per heavy atom. The third kappa shape index (κ3) is 2.19. The van der Waals surface area contributed by atoms with Gasteiger partial charge in [0, 0.05) is 6.04 Å². The molecule has 0 aliphatic carbocycles. The second kappa shape index (κ2) is 3.67. The van der Waals surface area contributed by atoms with Gasteiger partial charge in [0.25, 0.3) is 0 Å². The van der Waals surface area contributed by atoms with Crippen LogP contribution in [0.4, 0.5) is 0 Å². The molecule has 1 N–H and O–H groups in total. The number of nitrogens with one attached hydrogen (secondary N) is 1. The molecule has 1 rings (SSSR count). The molecule has 0 aromatic heterocycles. The van der Waals surface area contributed by atoms with Crippen LogP contribution >= 0.6 is 0 Å². The van der Waals surface area contributed by atoms with Gasteiger partial charge < -0.3 is 5.32 Å². The Morgan fingerprint density at radius 1 is 1.67 bits per heavy atom. The molecule has 0 aromatic carbocycles. The van der Waals surface area contributed by atoms with Crippen molar-refractivity contribution < 1.29 is 0 Å². The Balaban J connectivity index is 2.04. The standard InChI is InChI=1S/C8H15N/c1-2-3-5-8-6-4-7-9-8/h2,8-9H,1,3-7H2. The topological polar surface area (TPSA) is 12.0 Å². The first-order chi connectivity index (χ1) is 4.43. The minimum Gasteiger partial charge on any atom is -0.314 e. The summed E-state index contributed by atoms with van der Waals surface area (Å²) in [5, 5.41) is 3.44.